The van der Waals surface area contributed by atoms with E-state index in [1.54, 1.807) is 0 Å². The first-order chi connectivity index (χ1) is 10.1. The van der Waals surface area contributed by atoms with E-state index in [0.717, 1.165) is 38.7 Å². The van der Waals surface area contributed by atoms with Gasteiger partial charge in [-0.25, -0.2) is 0 Å². The molecule has 0 radical (unpaired) electrons. The van der Waals surface area contributed by atoms with Crippen molar-refractivity contribution in [3.8, 4) is 0 Å². The second kappa shape index (κ2) is 5.27. The first-order valence-corrected chi connectivity index (χ1v) is 8.53. The summed E-state index contributed by atoms with van der Waals surface area (Å²) in [6.07, 6.45) is 3.23. The van der Waals surface area contributed by atoms with Crippen LogP contribution in [0.15, 0.2) is 10.5 Å². The van der Waals surface area contributed by atoms with Gasteiger partial charge in [0.2, 0.25) is 0 Å². The number of rotatable bonds is 2. The third-order valence-electron chi connectivity index (χ3n) is 3.96. The van der Waals surface area contributed by atoms with Crippen LogP contribution in [-0.4, -0.2) is 17.6 Å². The zero-order valence-corrected chi connectivity index (χ0v) is 14.3. The fraction of sp³-hybridized carbons (Fsp3) is 0.400. The van der Waals surface area contributed by atoms with Crippen molar-refractivity contribution in [3.05, 3.63) is 31.8 Å². The van der Waals surface area contributed by atoms with Crippen LogP contribution in [0.25, 0.3) is 10.9 Å². The van der Waals surface area contributed by atoms with Gasteiger partial charge in [0.1, 0.15) is 0 Å². The quantitative estimate of drug-likeness (QED) is 0.740. The number of hydrogen-bond acceptors (Lipinski definition) is 3. The highest BCUT2D eigenvalue weighted by Crippen LogP contribution is 2.42. The van der Waals surface area contributed by atoms with Crippen LogP contribution >= 0.6 is 39.1 Å². The molecule has 1 aromatic carbocycles. The van der Waals surface area contributed by atoms with Crippen molar-refractivity contribution in [1.82, 2.24) is 4.98 Å². The van der Waals surface area contributed by atoms with E-state index in [9.17, 15) is 0 Å². The molecule has 1 fully saturated rings. The number of anilines is 1. The summed E-state index contributed by atoms with van der Waals surface area (Å²) in [6.45, 7) is 1.31. The summed E-state index contributed by atoms with van der Waals surface area (Å²) in [5.41, 5.74) is 4.10. The Bertz CT molecular complexity index is 747. The summed E-state index contributed by atoms with van der Waals surface area (Å²) in [5.74, 6) is 0. The average molecular weight is 388 g/mol. The molecule has 0 bridgehead atoms. The molecule has 0 unspecified atom stereocenters. The van der Waals surface area contributed by atoms with Gasteiger partial charge in [0.05, 0.1) is 40.2 Å². The van der Waals surface area contributed by atoms with Crippen LogP contribution in [0.2, 0.25) is 10.0 Å². The van der Waals surface area contributed by atoms with E-state index in [4.69, 9.17) is 32.9 Å². The summed E-state index contributed by atoms with van der Waals surface area (Å²) < 4.78 is 6.41. The van der Waals surface area contributed by atoms with Crippen molar-refractivity contribution in [2.75, 3.05) is 11.9 Å². The first-order valence-electron chi connectivity index (χ1n) is 6.98. The Balaban J connectivity index is 2.03. The lowest BCUT2D eigenvalue weighted by atomic mass is 10.0. The summed E-state index contributed by atoms with van der Waals surface area (Å²) in [5, 5.41) is 5.65. The number of benzene rings is 1. The molecule has 1 saturated carbocycles. The molecule has 2 heterocycles. The van der Waals surface area contributed by atoms with E-state index in [1.807, 2.05) is 6.07 Å². The molecular formula is C15H13BrCl2N2O. The van der Waals surface area contributed by atoms with Crippen LogP contribution in [0.3, 0.4) is 0 Å². The lowest BCUT2D eigenvalue weighted by Crippen LogP contribution is -2.16. The maximum atomic E-state index is 6.41. The Hall–Kier alpha value is -0.550. The van der Waals surface area contributed by atoms with Gasteiger partial charge in [0, 0.05) is 27.9 Å². The average Bonchev–Trinajstić information content (AvgIpc) is 3.30. The smallest absolute Gasteiger partial charge is 0.0928 e. The normalized spacial score (nSPS) is 17.9. The molecule has 0 spiro atoms. The maximum Gasteiger partial charge on any atom is 0.0928 e. The van der Waals surface area contributed by atoms with Gasteiger partial charge in [-0.1, -0.05) is 23.2 Å². The molecule has 4 rings (SSSR count). The van der Waals surface area contributed by atoms with Gasteiger partial charge >= 0.3 is 0 Å². The van der Waals surface area contributed by atoms with E-state index in [2.05, 4.69) is 21.2 Å². The van der Waals surface area contributed by atoms with E-state index in [-0.39, 0.29) is 0 Å². The van der Waals surface area contributed by atoms with Crippen LogP contribution in [0.4, 0.5) is 5.69 Å². The summed E-state index contributed by atoms with van der Waals surface area (Å²) in [7, 11) is 0. The molecule has 1 aliphatic heterocycles. The predicted octanol–water partition coefficient (Wildman–Crippen LogP) is 4.95. The molecule has 2 aromatic rings. The first kappa shape index (κ1) is 14.1. The van der Waals surface area contributed by atoms with Crippen molar-refractivity contribution >= 4 is 55.7 Å². The van der Waals surface area contributed by atoms with Gasteiger partial charge < -0.3 is 10.1 Å². The summed E-state index contributed by atoms with van der Waals surface area (Å²) in [4.78, 5) is 4.75. The zero-order valence-electron chi connectivity index (χ0n) is 11.2. The SMILES string of the molecule is Clc1c(Br)cc2c(NC3CC3)c3c(nc2c1Cl)CCOC3. The van der Waals surface area contributed by atoms with Gasteiger partial charge in [-0.15, -0.1) is 0 Å². The van der Waals surface area contributed by atoms with Gasteiger partial charge in [-0.05, 0) is 34.8 Å². The Labute approximate surface area is 141 Å². The molecule has 6 heteroatoms. The van der Waals surface area contributed by atoms with Gasteiger partial charge in [0.15, 0.2) is 0 Å². The van der Waals surface area contributed by atoms with Gasteiger partial charge in [-0.3, -0.25) is 4.98 Å². The number of halogens is 3. The highest BCUT2D eigenvalue weighted by atomic mass is 79.9. The Kier molecular flexibility index (Phi) is 3.53. The van der Waals surface area contributed by atoms with E-state index in [0.29, 0.717) is 29.3 Å². The number of ether oxygens (including phenoxy) is 1. The molecule has 0 saturated heterocycles. The fourth-order valence-corrected chi connectivity index (χ4v) is 3.63. The minimum absolute atomic E-state index is 0.509. The van der Waals surface area contributed by atoms with Crippen LogP contribution in [0, 0.1) is 0 Å². The Morgan fingerprint density at radius 3 is 2.86 bits per heavy atom. The standard InChI is InChI=1S/C15H13BrCl2N2O/c16-10-5-8-14(19-7-1-2-7)9-6-21-4-3-11(9)20-15(8)13(18)12(10)17/h5,7H,1-4,6H2,(H,19,20). The second-order valence-electron chi connectivity index (χ2n) is 5.52. The zero-order chi connectivity index (χ0) is 14.6. The van der Waals surface area contributed by atoms with E-state index >= 15 is 0 Å². The number of hydrogen-bond donors (Lipinski definition) is 1. The molecule has 1 aromatic heterocycles. The van der Waals surface area contributed by atoms with E-state index in [1.165, 1.54) is 12.8 Å². The Morgan fingerprint density at radius 2 is 2.10 bits per heavy atom. The van der Waals surface area contributed by atoms with Crippen LogP contribution < -0.4 is 5.32 Å². The third-order valence-corrected chi connectivity index (χ3v) is 5.67. The lowest BCUT2D eigenvalue weighted by molar-refractivity contribution is 0.110. The fourth-order valence-electron chi connectivity index (χ4n) is 2.70. The minimum atomic E-state index is 0.509. The molecule has 3 nitrogen and oxygen atoms in total. The third kappa shape index (κ3) is 2.42. The van der Waals surface area contributed by atoms with Crippen molar-refractivity contribution in [2.45, 2.75) is 31.9 Å². The van der Waals surface area contributed by atoms with Crippen LogP contribution in [0.1, 0.15) is 24.1 Å². The topological polar surface area (TPSA) is 34.2 Å². The van der Waals surface area contributed by atoms with Crippen molar-refractivity contribution in [1.29, 1.82) is 0 Å². The van der Waals surface area contributed by atoms with E-state index < -0.39 is 0 Å². The molecule has 1 aliphatic carbocycles. The number of pyridine rings is 1. The monoisotopic (exact) mass is 386 g/mol. The van der Waals surface area contributed by atoms with Gasteiger partial charge in [-0.2, -0.15) is 0 Å². The largest absolute Gasteiger partial charge is 0.381 e. The molecular weight excluding hydrogens is 375 g/mol. The number of nitrogens with one attached hydrogen (secondary N) is 1. The van der Waals surface area contributed by atoms with Crippen molar-refractivity contribution in [2.24, 2.45) is 0 Å². The van der Waals surface area contributed by atoms with Crippen LogP contribution in [-0.2, 0) is 17.8 Å². The molecule has 0 atom stereocenters. The van der Waals surface area contributed by atoms with Gasteiger partial charge in [0.25, 0.3) is 0 Å². The number of nitrogens with zero attached hydrogens (tertiary/aromatic N) is 1. The molecule has 0 amide bonds. The molecule has 110 valence electrons. The van der Waals surface area contributed by atoms with Crippen molar-refractivity contribution in [3.63, 3.8) is 0 Å². The number of aromatic nitrogens is 1. The maximum absolute atomic E-state index is 6.41. The summed E-state index contributed by atoms with van der Waals surface area (Å²) >= 11 is 16.1. The molecule has 1 N–H and O–H groups in total. The highest BCUT2D eigenvalue weighted by molar-refractivity contribution is 9.10. The van der Waals surface area contributed by atoms with Crippen molar-refractivity contribution < 1.29 is 4.74 Å². The second-order valence-corrected chi connectivity index (χ2v) is 7.13. The lowest BCUT2D eigenvalue weighted by Gasteiger charge is -2.22. The summed E-state index contributed by atoms with van der Waals surface area (Å²) in [6, 6.07) is 2.55. The molecule has 2 aliphatic rings. The Morgan fingerprint density at radius 1 is 1.29 bits per heavy atom. The minimum Gasteiger partial charge on any atom is -0.381 e. The highest BCUT2D eigenvalue weighted by Gasteiger charge is 2.27. The predicted molar refractivity (Wildman–Crippen MR) is 89.5 cm³/mol. The van der Waals surface area contributed by atoms with Crippen LogP contribution in [0.5, 0.6) is 0 Å². The number of fused-ring (bicyclic) bond motifs is 2. The molecule has 21 heavy (non-hydrogen) atoms.